The summed E-state index contributed by atoms with van der Waals surface area (Å²) in [6, 6.07) is 10.3. The lowest BCUT2D eigenvalue weighted by atomic mass is 10.1. The summed E-state index contributed by atoms with van der Waals surface area (Å²) in [7, 11) is 0. The van der Waals surface area contributed by atoms with Gasteiger partial charge in [-0.3, -0.25) is 9.89 Å². The van der Waals surface area contributed by atoms with Gasteiger partial charge in [0, 0.05) is 39.3 Å². The Labute approximate surface area is 193 Å². The van der Waals surface area contributed by atoms with E-state index in [1.54, 1.807) is 0 Å². The van der Waals surface area contributed by atoms with Crippen LogP contribution in [0.3, 0.4) is 0 Å². The van der Waals surface area contributed by atoms with Gasteiger partial charge >= 0.3 is 0 Å². The van der Waals surface area contributed by atoms with Crippen LogP contribution in [0.1, 0.15) is 26.3 Å². The molecule has 2 N–H and O–H groups in total. The van der Waals surface area contributed by atoms with Gasteiger partial charge in [0.25, 0.3) is 0 Å². The lowest BCUT2D eigenvalue weighted by Crippen LogP contribution is -2.44. The Hall–Kier alpha value is -0.900. The predicted octanol–water partition coefficient (Wildman–Crippen LogP) is 2.98. The highest BCUT2D eigenvalue weighted by molar-refractivity contribution is 14.0. The number of hydrogen-bond donors (Lipinski definition) is 2. The molecule has 1 aliphatic heterocycles. The zero-order valence-corrected chi connectivity index (χ0v) is 20.6. The number of ether oxygens (including phenoxy) is 2. The molecule has 0 aromatic heterocycles. The Bertz CT molecular complexity index is 553. The molecule has 29 heavy (non-hydrogen) atoms. The molecule has 7 heteroatoms. The van der Waals surface area contributed by atoms with E-state index in [2.05, 4.69) is 48.4 Å². The van der Waals surface area contributed by atoms with Crippen molar-refractivity contribution in [3.8, 4) is 0 Å². The van der Waals surface area contributed by atoms with Crippen LogP contribution in [-0.2, 0) is 16.1 Å². The number of rotatable bonds is 11. The summed E-state index contributed by atoms with van der Waals surface area (Å²) < 4.78 is 11.3. The smallest absolute Gasteiger partial charge is 0.191 e. The monoisotopic (exact) mass is 518 g/mol. The first-order valence-corrected chi connectivity index (χ1v) is 10.6. The fraction of sp³-hybridized carbons (Fsp3) is 0.682. The molecule has 0 radical (unpaired) electrons. The summed E-state index contributed by atoms with van der Waals surface area (Å²) in [5.74, 6) is 1.84. The van der Waals surface area contributed by atoms with E-state index in [-0.39, 0.29) is 24.0 Å². The lowest BCUT2D eigenvalue weighted by Gasteiger charge is -2.29. The van der Waals surface area contributed by atoms with Crippen molar-refractivity contribution in [1.82, 2.24) is 15.5 Å². The molecule has 1 aromatic carbocycles. The third kappa shape index (κ3) is 11.8. The van der Waals surface area contributed by atoms with E-state index in [1.807, 2.05) is 18.2 Å². The van der Waals surface area contributed by atoms with Gasteiger partial charge in [0.05, 0.1) is 26.4 Å². The van der Waals surface area contributed by atoms with E-state index >= 15 is 0 Å². The van der Waals surface area contributed by atoms with E-state index in [1.165, 1.54) is 5.56 Å². The number of nitrogens with zero attached hydrogens (tertiary/aromatic N) is 2. The predicted molar refractivity (Wildman–Crippen MR) is 131 cm³/mol. The minimum Gasteiger partial charge on any atom is -0.379 e. The van der Waals surface area contributed by atoms with Crippen LogP contribution < -0.4 is 10.6 Å². The molecule has 2 atom stereocenters. The number of aliphatic imine (C=N–C) groups is 1. The van der Waals surface area contributed by atoms with Gasteiger partial charge in [-0.2, -0.15) is 0 Å². The molecule has 0 amide bonds. The van der Waals surface area contributed by atoms with Gasteiger partial charge in [0.15, 0.2) is 5.96 Å². The van der Waals surface area contributed by atoms with Crippen LogP contribution in [0, 0.1) is 11.8 Å². The average Bonchev–Trinajstić information content (AvgIpc) is 2.71. The Balaban J connectivity index is 0.00000420. The maximum absolute atomic E-state index is 5.83. The van der Waals surface area contributed by atoms with Gasteiger partial charge in [0.1, 0.15) is 0 Å². The maximum atomic E-state index is 5.83. The van der Waals surface area contributed by atoms with Crippen molar-refractivity contribution >= 4 is 29.9 Å². The summed E-state index contributed by atoms with van der Waals surface area (Å²) in [5, 5.41) is 6.83. The third-order valence-corrected chi connectivity index (χ3v) is 4.71. The lowest BCUT2D eigenvalue weighted by molar-refractivity contribution is 0.0320. The number of morpholine rings is 1. The number of guanidine groups is 1. The number of hydrogen-bond acceptors (Lipinski definition) is 4. The van der Waals surface area contributed by atoms with E-state index in [0.717, 1.165) is 58.4 Å². The van der Waals surface area contributed by atoms with Gasteiger partial charge < -0.3 is 20.1 Å². The summed E-state index contributed by atoms with van der Waals surface area (Å²) in [5.41, 5.74) is 1.21. The second kappa shape index (κ2) is 15.9. The van der Waals surface area contributed by atoms with Crippen molar-refractivity contribution in [3.63, 3.8) is 0 Å². The highest BCUT2D eigenvalue weighted by Crippen LogP contribution is 2.04. The SMILES string of the molecule is CCNC(=NCC(C)COCc1ccccc1)NCC(C)CN1CCOCC1.I. The third-order valence-electron chi connectivity index (χ3n) is 4.71. The topological polar surface area (TPSA) is 58.1 Å². The first-order valence-electron chi connectivity index (χ1n) is 10.6. The van der Waals surface area contributed by atoms with Crippen molar-refractivity contribution in [2.45, 2.75) is 27.4 Å². The Morgan fingerprint density at radius 3 is 2.55 bits per heavy atom. The van der Waals surface area contributed by atoms with E-state index < -0.39 is 0 Å². The molecule has 1 heterocycles. The average molecular weight is 518 g/mol. The highest BCUT2D eigenvalue weighted by atomic mass is 127. The van der Waals surface area contributed by atoms with Gasteiger partial charge in [-0.15, -0.1) is 24.0 Å². The first-order chi connectivity index (χ1) is 13.7. The van der Waals surface area contributed by atoms with E-state index in [0.29, 0.717) is 25.0 Å². The van der Waals surface area contributed by atoms with Crippen LogP contribution in [0.5, 0.6) is 0 Å². The zero-order valence-electron chi connectivity index (χ0n) is 18.2. The van der Waals surface area contributed by atoms with Crippen LogP contribution >= 0.6 is 24.0 Å². The maximum Gasteiger partial charge on any atom is 0.191 e. The molecule has 0 saturated carbocycles. The fourth-order valence-corrected chi connectivity index (χ4v) is 3.15. The highest BCUT2D eigenvalue weighted by Gasteiger charge is 2.14. The molecule has 0 aliphatic carbocycles. The Morgan fingerprint density at radius 1 is 1.14 bits per heavy atom. The largest absolute Gasteiger partial charge is 0.379 e. The molecule has 1 aromatic rings. The second-order valence-electron chi connectivity index (χ2n) is 7.72. The summed E-state index contributed by atoms with van der Waals surface area (Å²) in [6.45, 7) is 15.4. The molecular weight excluding hydrogens is 479 g/mol. The normalized spacial score (nSPS) is 17.3. The van der Waals surface area contributed by atoms with Gasteiger partial charge in [0.2, 0.25) is 0 Å². The summed E-state index contributed by atoms with van der Waals surface area (Å²) in [6.07, 6.45) is 0. The molecule has 2 rings (SSSR count). The summed E-state index contributed by atoms with van der Waals surface area (Å²) in [4.78, 5) is 7.22. The van der Waals surface area contributed by atoms with Gasteiger partial charge in [-0.05, 0) is 24.3 Å². The molecule has 6 nitrogen and oxygen atoms in total. The molecular formula is C22H39IN4O2. The molecule has 166 valence electrons. The van der Waals surface area contributed by atoms with Gasteiger partial charge in [-0.25, -0.2) is 0 Å². The van der Waals surface area contributed by atoms with Crippen molar-refractivity contribution < 1.29 is 9.47 Å². The van der Waals surface area contributed by atoms with Crippen molar-refractivity contribution in [3.05, 3.63) is 35.9 Å². The first kappa shape index (κ1) is 26.1. The zero-order chi connectivity index (χ0) is 20.0. The fourth-order valence-electron chi connectivity index (χ4n) is 3.15. The summed E-state index contributed by atoms with van der Waals surface area (Å²) >= 11 is 0. The standard InChI is InChI=1S/C22H38N4O2.HI/c1-4-23-22(24-14-19(2)16-26-10-12-27-13-11-26)25-15-20(3)17-28-18-21-8-6-5-7-9-21;/h5-9,19-20H,4,10-18H2,1-3H3,(H2,23,24,25);1H. The minimum absolute atomic E-state index is 0. The van der Waals surface area contributed by atoms with Crippen LogP contribution in [0.2, 0.25) is 0 Å². The molecule has 2 unspecified atom stereocenters. The van der Waals surface area contributed by atoms with Gasteiger partial charge in [-0.1, -0.05) is 44.2 Å². The van der Waals surface area contributed by atoms with E-state index in [4.69, 9.17) is 14.5 Å². The van der Waals surface area contributed by atoms with Crippen LogP contribution in [0.15, 0.2) is 35.3 Å². The van der Waals surface area contributed by atoms with Crippen LogP contribution in [0.4, 0.5) is 0 Å². The minimum atomic E-state index is 0. The molecule has 1 fully saturated rings. The van der Waals surface area contributed by atoms with Crippen molar-refractivity contribution in [1.29, 1.82) is 0 Å². The van der Waals surface area contributed by atoms with E-state index in [9.17, 15) is 0 Å². The Morgan fingerprint density at radius 2 is 1.86 bits per heavy atom. The number of nitrogens with one attached hydrogen (secondary N) is 2. The molecule has 1 aliphatic rings. The van der Waals surface area contributed by atoms with Crippen molar-refractivity contribution in [2.75, 3.05) is 59.1 Å². The number of halogens is 1. The molecule has 1 saturated heterocycles. The Kier molecular flexibility index (Phi) is 14.3. The van der Waals surface area contributed by atoms with Crippen LogP contribution in [-0.4, -0.2) is 69.9 Å². The quantitative estimate of drug-likeness (QED) is 0.268. The number of benzene rings is 1. The van der Waals surface area contributed by atoms with Crippen molar-refractivity contribution in [2.24, 2.45) is 16.8 Å². The second-order valence-corrected chi connectivity index (χ2v) is 7.72. The van der Waals surface area contributed by atoms with Crippen LogP contribution in [0.25, 0.3) is 0 Å². The molecule has 0 bridgehead atoms. The molecule has 0 spiro atoms.